The van der Waals surface area contributed by atoms with E-state index < -0.39 is 0 Å². The Morgan fingerprint density at radius 3 is 2.83 bits per heavy atom. The van der Waals surface area contributed by atoms with Crippen molar-refractivity contribution in [2.75, 3.05) is 24.6 Å². The maximum Gasteiger partial charge on any atom is 0.128 e. The molecule has 1 fully saturated rings. The molecule has 5 heteroatoms. The molecule has 1 aromatic carbocycles. The molecule has 2 aliphatic heterocycles. The highest BCUT2D eigenvalue weighted by Gasteiger charge is 2.19. The van der Waals surface area contributed by atoms with E-state index in [0.717, 1.165) is 44.2 Å². The monoisotopic (exact) mass is 345 g/mol. The molecule has 0 radical (unpaired) electrons. The van der Waals surface area contributed by atoms with Crippen molar-refractivity contribution in [2.45, 2.75) is 31.8 Å². The number of halogens is 1. The van der Waals surface area contributed by atoms with Crippen LogP contribution < -0.4 is 15.0 Å². The average Bonchev–Trinajstić information content (AvgIpc) is 3.09. The lowest BCUT2D eigenvalue weighted by Crippen LogP contribution is -2.42. The van der Waals surface area contributed by atoms with Gasteiger partial charge in [0.25, 0.3) is 0 Å². The fourth-order valence-corrected chi connectivity index (χ4v) is 3.47. The van der Waals surface area contributed by atoms with Gasteiger partial charge in [0.1, 0.15) is 11.6 Å². The van der Waals surface area contributed by atoms with Crippen molar-refractivity contribution in [2.24, 2.45) is 0 Å². The van der Waals surface area contributed by atoms with E-state index in [-0.39, 0.29) is 12.4 Å². The highest BCUT2D eigenvalue weighted by atomic mass is 35.5. The second-order valence-corrected chi connectivity index (χ2v) is 6.37. The topological polar surface area (TPSA) is 37.4 Å². The predicted octanol–water partition coefficient (Wildman–Crippen LogP) is 3.20. The molecule has 4 nitrogen and oxygen atoms in total. The number of nitrogens with one attached hydrogen (secondary N) is 1. The minimum absolute atomic E-state index is 0. The zero-order chi connectivity index (χ0) is 15.5. The second-order valence-electron chi connectivity index (χ2n) is 6.37. The highest BCUT2D eigenvalue weighted by molar-refractivity contribution is 5.85. The largest absolute Gasteiger partial charge is 0.493 e. The molecule has 1 N–H and O–H groups in total. The number of benzene rings is 1. The first kappa shape index (κ1) is 17.1. The van der Waals surface area contributed by atoms with Crippen LogP contribution in [0.15, 0.2) is 42.6 Å². The Hall–Kier alpha value is -1.78. The average molecular weight is 346 g/mol. The first-order chi connectivity index (χ1) is 11.4. The van der Waals surface area contributed by atoms with Crippen LogP contribution in [0.2, 0.25) is 0 Å². The van der Waals surface area contributed by atoms with Gasteiger partial charge in [-0.05, 0) is 42.2 Å². The van der Waals surface area contributed by atoms with Gasteiger partial charge in [0, 0.05) is 38.3 Å². The lowest BCUT2D eigenvalue weighted by atomic mass is 10.0. The normalized spacial score (nSPS) is 17.1. The molecule has 2 aliphatic rings. The van der Waals surface area contributed by atoms with Crippen molar-refractivity contribution in [3.05, 3.63) is 53.7 Å². The number of anilines is 1. The van der Waals surface area contributed by atoms with Gasteiger partial charge in [0.2, 0.25) is 0 Å². The summed E-state index contributed by atoms with van der Waals surface area (Å²) in [6, 6.07) is 13.3. The van der Waals surface area contributed by atoms with Gasteiger partial charge < -0.3 is 15.0 Å². The highest BCUT2D eigenvalue weighted by Crippen LogP contribution is 2.26. The van der Waals surface area contributed by atoms with Crippen LogP contribution in [0.1, 0.15) is 24.0 Å². The summed E-state index contributed by atoms with van der Waals surface area (Å²) in [4.78, 5) is 6.83. The Kier molecular flexibility index (Phi) is 5.59. The Labute approximate surface area is 149 Å². The summed E-state index contributed by atoms with van der Waals surface area (Å²) in [6.07, 6.45) is 5.26. The van der Waals surface area contributed by atoms with E-state index in [1.54, 1.807) is 0 Å². The predicted molar refractivity (Wildman–Crippen MR) is 99.2 cm³/mol. The molecule has 2 aromatic rings. The van der Waals surface area contributed by atoms with Gasteiger partial charge in [-0.15, -0.1) is 12.4 Å². The molecular formula is C19H24ClN3O. The van der Waals surface area contributed by atoms with Gasteiger partial charge in [-0.3, -0.25) is 0 Å². The number of fused-ring (bicyclic) bond motifs is 1. The number of ether oxygens (including phenoxy) is 1. The molecule has 24 heavy (non-hydrogen) atoms. The summed E-state index contributed by atoms with van der Waals surface area (Å²) in [7, 11) is 0. The van der Waals surface area contributed by atoms with E-state index in [0.29, 0.717) is 6.04 Å². The zero-order valence-electron chi connectivity index (χ0n) is 13.8. The summed E-state index contributed by atoms with van der Waals surface area (Å²) < 4.78 is 5.57. The lowest BCUT2D eigenvalue weighted by molar-refractivity contribution is 0.356. The SMILES string of the molecule is Cl.c1ccc(N2CCC(NCc3ccc4c(c3)CCO4)CC2)nc1. The number of nitrogens with zero attached hydrogens (tertiary/aromatic N) is 2. The number of pyridine rings is 1. The van der Waals surface area contributed by atoms with Crippen molar-refractivity contribution < 1.29 is 4.74 Å². The number of hydrogen-bond acceptors (Lipinski definition) is 4. The molecular weight excluding hydrogens is 322 g/mol. The van der Waals surface area contributed by atoms with Crippen molar-refractivity contribution in [3.63, 3.8) is 0 Å². The van der Waals surface area contributed by atoms with Crippen LogP contribution in [0, 0.1) is 0 Å². The van der Waals surface area contributed by atoms with E-state index in [4.69, 9.17) is 4.74 Å². The number of piperidine rings is 1. The van der Waals surface area contributed by atoms with Gasteiger partial charge in [0.15, 0.2) is 0 Å². The molecule has 0 unspecified atom stereocenters. The Morgan fingerprint density at radius 1 is 1.17 bits per heavy atom. The summed E-state index contributed by atoms with van der Waals surface area (Å²) in [6.45, 7) is 3.93. The van der Waals surface area contributed by atoms with E-state index in [1.165, 1.54) is 24.0 Å². The van der Waals surface area contributed by atoms with Gasteiger partial charge in [0.05, 0.1) is 6.61 Å². The molecule has 1 saturated heterocycles. The van der Waals surface area contributed by atoms with Gasteiger partial charge >= 0.3 is 0 Å². The van der Waals surface area contributed by atoms with E-state index in [1.807, 2.05) is 12.3 Å². The third-order valence-corrected chi connectivity index (χ3v) is 4.82. The fourth-order valence-electron chi connectivity index (χ4n) is 3.47. The van der Waals surface area contributed by atoms with Crippen molar-refractivity contribution in [1.82, 2.24) is 10.3 Å². The van der Waals surface area contributed by atoms with Gasteiger partial charge in [-0.1, -0.05) is 18.2 Å². The molecule has 0 spiro atoms. The molecule has 128 valence electrons. The molecule has 1 aromatic heterocycles. The molecule has 4 rings (SSSR count). The van der Waals surface area contributed by atoms with Gasteiger partial charge in [-0.25, -0.2) is 4.98 Å². The summed E-state index contributed by atoms with van der Waals surface area (Å²) in [5.74, 6) is 2.17. The quantitative estimate of drug-likeness (QED) is 0.923. The van der Waals surface area contributed by atoms with Crippen LogP contribution in [0.4, 0.5) is 5.82 Å². The lowest BCUT2D eigenvalue weighted by Gasteiger charge is -2.33. The van der Waals surface area contributed by atoms with Crippen molar-refractivity contribution in [1.29, 1.82) is 0 Å². The molecule has 0 amide bonds. The minimum atomic E-state index is 0. The van der Waals surface area contributed by atoms with Crippen LogP contribution in [-0.4, -0.2) is 30.7 Å². The Morgan fingerprint density at radius 2 is 2.04 bits per heavy atom. The summed E-state index contributed by atoms with van der Waals surface area (Å²) in [5.41, 5.74) is 2.72. The van der Waals surface area contributed by atoms with Crippen molar-refractivity contribution in [3.8, 4) is 5.75 Å². The Balaban J connectivity index is 0.00000169. The van der Waals surface area contributed by atoms with E-state index in [2.05, 4.69) is 45.5 Å². The first-order valence-corrected chi connectivity index (χ1v) is 8.52. The van der Waals surface area contributed by atoms with Crippen LogP contribution >= 0.6 is 12.4 Å². The third kappa shape index (κ3) is 3.82. The van der Waals surface area contributed by atoms with E-state index >= 15 is 0 Å². The fraction of sp³-hybridized carbons (Fsp3) is 0.421. The molecule has 3 heterocycles. The van der Waals surface area contributed by atoms with Crippen LogP contribution in [0.5, 0.6) is 5.75 Å². The standard InChI is InChI=1S/C19H23N3O.ClH/c1-2-9-20-19(3-1)22-10-6-17(7-11-22)21-14-15-4-5-18-16(13-15)8-12-23-18;/h1-5,9,13,17,21H,6-8,10-12,14H2;1H. The zero-order valence-corrected chi connectivity index (χ0v) is 14.6. The number of aromatic nitrogens is 1. The van der Waals surface area contributed by atoms with Crippen LogP contribution in [-0.2, 0) is 13.0 Å². The summed E-state index contributed by atoms with van der Waals surface area (Å²) in [5, 5.41) is 3.71. The molecule has 0 saturated carbocycles. The number of rotatable bonds is 4. The van der Waals surface area contributed by atoms with E-state index in [9.17, 15) is 0 Å². The smallest absolute Gasteiger partial charge is 0.128 e. The first-order valence-electron chi connectivity index (χ1n) is 8.52. The third-order valence-electron chi connectivity index (χ3n) is 4.82. The van der Waals surface area contributed by atoms with Gasteiger partial charge in [-0.2, -0.15) is 0 Å². The second kappa shape index (κ2) is 7.86. The van der Waals surface area contributed by atoms with Crippen molar-refractivity contribution >= 4 is 18.2 Å². The van der Waals surface area contributed by atoms with Crippen LogP contribution in [0.3, 0.4) is 0 Å². The molecule has 0 bridgehead atoms. The maximum absolute atomic E-state index is 5.57. The molecule has 0 atom stereocenters. The molecule has 0 aliphatic carbocycles. The maximum atomic E-state index is 5.57. The summed E-state index contributed by atoms with van der Waals surface area (Å²) >= 11 is 0. The van der Waals surface area contributed by atoms with Crippen LogP contribution in [0.25, 0.3) is 0 Å². The minimum Gasteiger partial charge on any atom is -0.493 e. The number of hydrogen-bond donors (Lipinski definition) is 1. The Bertz CT molecular complexity index is 657.